The predicted molar refractivity (Wildman–Crippen MR) is 136 cm³/mol. The molecule has 1 N–H and O–H groups in total. The molecule has 0 aliphatic carbocycles. The van der Waals surface area contributed by atoms with E-state index in [1.165, 1.54) is 22.8 Å². The molecule has 3 aromatic carbocycles. The number of rotatable bonds is 6. The van der Waals surface area contributed by atoms with E-state index in [1.54, 1.807) is 12.1 Å². The SMILES string of the molecule is O=C(/C=C/c1ccc2c(c1)C(=O)CC1(CCN(Cc3ccccc3-c3ccccc3)CC1)O2)CO. The first kappa shape index (κ1) is 23.2. The Morgan fingerprint density at radius 2 is 1.71 bits per heavy atom. The molecule has 0 unspecified atom stereocenters. The molecule has 0 bridgehead atoms. The molecule has 5 rings (SSSR count). The fourth-order valence-corrected chi connectivity index (χ4v) is 5.05. The zero-order chi connectivity index (χ0) is 24.3. The standard InChI is InChI=1S/C30H29NO4/c32-21-25(33)12-10-22-11-13-29-27(18-22)28(34)19-30(35-29)14-16-31(17-15-30)20-24-8-4-5-9-26(24)23-6-2-1-3-7-23/h1-13,18,32H,14-17,19-21H2/b12-10+. The lowest BCUT2D eigenvalue weighted by molar-refractivity contribution is -0.117. The molecule has 5 nitrogen and oxygen atoms in total. The van der Waals surface area contributed by atoms with Crippen molar-refractivity contribution in [2.24, 2.45) is 0 Å². The van der Waals surface area contributed by atoms with Crippen LogP contribution in [0, 0.1) is 0 Å². The number of hydrogen-bond acceptors (Lipinski definition) is 5. The fraction of sp³-hybridized carbons (Fsp3) is 0.267. The quantitative estimate of drug-likeness (QED) is 0.521. The van der Waals surface area contributed by atoms with E-state index in [-0.39, 0.29) is 11.6 Å². The number of carbonyl (C=O) groups is 2. The van der Waals surface area contributed by atoms with Gasteiger partial charge in [-0.05, 0) is 40.5 Å². The molecule has 2 aliphatic heterocycles. The van der Waals surface area contributed by atoms with Crippen LogP contribution in [0.3, 0.4) is 0 Å². The van der Waals surface area contributed by atoms with E-state index in [0.717, 1.165) is 38.0 Å². The molecule has 2 aliphatic rings. The smallest absolute Gasteiger partial charge is 0.181 e. The molecule has 1 fully saturated rings. The molecule has 0 atom stereocenters. The molecule has 0 radical (unpaired) electrons. The predicted octanol–water partition coefficient (Wildman–Crippen LogP) is 4.93. The van der Waals surface area contributed by atoms with E-state index in [9.17, 15) is 9.59 Å². The Hall–Kier alpha value is -3.54. The van der Waals surface area contributed by atoms with Gasteiger partial charge in [-0.25, -0.2) is 0 Å². The van der Waals surface area contributed by atoms with Gasteiger partial charge in [0.2, 0.25) is 0 Å². The zero-order valence-electron chi connectivity index (χ0n) is 19.7. The second-order valence-electron chi connectivity index (χ2n) is 9.40. The summed E-state index contributed by atoms with van der Waals surface area (Å²) in [6.45, 7) is 2.08. The van der Waals surface area contributed by atoms with Gasteiger partial charge in [0, 0.05) is 32.5 Å². The summed E-state index contributed by atoms with van der Waals surface area (Å²) in [5.74, 6) is 0.329. The third-order valence-corrected chi connectivity index (χ3v) is 6.99. The van der Waals surface area contributed by atoms with Crippen LogP contribution in [0.1, 0.15) is 40.7 Å². The van der Waals surface area contributed by atoms with Crippen LogP contribution in [0.2, 0.25) is 0 Å². The van der Waals surface area contributed by atoms with Gasteiger partial charge in [-0.1, -0.05) is 66.7 Å². The van der Waals surface area contributed by atoms with Gasteiger partial charge >= 0.3 is 0 Å². The number of ketones is 2. The van der Waals surface area contributed by atoms with Gasteiger partial charge in [0.05, 0.1) is 12.0 Å². The van der Waals surface area contributed by atoms with Gasteiger partial charge in [-0.2, -0.15) is 0 Å². The summed E-state index contributed by atoms with van der Waals surface area (Å²) in [6, 6.07) is 24.4. The summed E-state index contributed by atoms with van der Waals surface area (Å²) in [5, 5.41) is 8.88. The van der Waals surface area contributed by atoms with Gasteiger partial charge < -0.3 is 9.84 Å². The number of likely N-dealkylation sites (tertiary alicyclic amines) is 1. The van der Waals surface area contributed by atoms with E-state index in [2.05, 4.69) is 53.4 Å². The molecule has 0 aromatic heterocycles. The normalized spacial score (nSPS) is 17.3. The minimum Gasteiger partial charge on any atom is -0.486 e. The highest BCUT2D eigenvalue weighted by Crippen LogP contribution is 2.40. The number of aliphatic hydroxyl groups is 1. The summed E-state index contributed by atoms with van der Waals surface area (Å²) in [4.78, 5) is 26.8. The maximum atomic E-state index is 13.1. The highest BCUT2D eigenvalue weighted by atomic mass is 16.5. The summed E-state index contributed by atoms with van der Waals surface area (Å²) < 4.78 is 6.45. The molecule has 3 aromatic rings. The fourth-order valence-electron chi connectivity index (χ4n) is 5.05. The molecule has 2 heterocycles. The van der Waals surface area contributed by atoms with Crippen LogP contribution in [-0.2, 0) is 11.3 Å². The highest BCUT2D eigenvalue weighted by molar-refractivity contribution is 6.01. The number of benzene rings is 3. The minimum absolute atomic E-state index is 0.0813. The molecular weight excluding hydrogens is 438 g/mol. The first-order chi connectivity index (χ1) is 17.0. The van der Waals surface area contributed by atoms with Crippen LogP contribution in [0.15, 0.2) is 78.9 Å². The number of fused-ring (bicyclic) bond motifs is 1. The van der Waals surface area contributed by atoms with Crippen molar-refractivity contribution in [3.05, 3.63) is 95.6 Å². The van der Waals surface area contributed by atoms with E-state index in [0.29, 0.717) is 17.7 Å². The lowest BCUT2D eigenvalue weighted by Crippen LogP contribution is -2.50. The van der Waals surface area contributed by atoms with Crippen molar-refractivity contribution in [2.75, 3.05) is 19.7 Å². The topological polar surface area (TPSA) is 66.8 Å². The molecule has 1 saturated heterocycles. The number of piperidine rings is 1. The molecule has 5 heteroatoms. The molecule has 0 saturated carbocycles. The third kappa shape index (κ3) is 5.11. The average molecular weight is 468 g/mol. The van der Waals surface area contributed by atoms with Crippen LogP contribution < -0.4 is 4.74 Å². The van der Waals surface area contributed by atoms with Crippen molar-refractivity contribution in [2.45, 2.75) is 31.4 Å². The largest absolute Gasteiger partial charge is 0.486 e. The number of Topliss-reactive ketones (excluding diaryl/α,β-unsaturated/α-hetero) is 1. The van der Waals surface area contributed by atoms with Crippen molar-refractivity contribution in [3.8, 4) is 16.9 Å². The van der Waals surface area contributed by atoms with Gasteiger partial charge in [-0.15, -0.1) is 0 Å². The molecule has 1 spiro atoms. The Balaban J connectivity index is 1.26. The zero-order valence-corrected chi connectivity index (χ0v) is 19.7. The lowest BCUT2D eigenvalue weighted by atomic mass is 9.82. The minimum atomic E-state index is -0.527. The maximum Gasteiger partial charge on any atom is 0.181 e. The number of carbonyl (C=O) groups excluding carboxylic acids is 2. The number of nitrogens with zero attached hydrogens (tertiary/aromatic N) is 1. The molecular formula is C30H29NO4. The second-order valence-corrected chi connectivity index (χ2v) is 9.40. The number of ether oxygens (including phenoxy) is 1. The average Bonchev–Trinajstić information content (AvgIpc) is 2.90. The Labute approximate surface area is 205 Å². The van der Waals surface area contributed by atoms with Crippen molar-refractivity contribution < 1.29 is 19.4 Å². The lowest BCUT2D eigenvalue weighted by Gasteiger charge is -2.44. The van der Waals surface area contributed by atoms with Crippen LogP contribution >= 0.6 is 0 Å². The molecule has 0 amide bonds. The van der Waals surface area contributed by atoms with Crippen molar-refractivity contribution in [3.63, 3.8) is 0 Å². The Morgan fingerprint density at radius 3 is 2.49 bits per heavy atom. The van der Waals surface area contributed by atoms with Crippen molar-refractivity contribution in [1.82, 2.24) is 4.90 Å². The molecule has 178 valence electrons. The van der Waals surface area contributed by atoms with Crippen LogP contribution in [-0.4, -0.2) is 46.9 Å². The van der Waals surface area contributed by atoms with Crippen LogP contribution in [0.5, 0.6) is 5.75 Å². The van der Waals surface area contributed by atoms with Gasteiger partial charge in [0.15, 0.2) is 11.6 Å². The first-order valence-corrected chi connectivity index (χ1v) is 12.1. The van der Waals surface area contributed by atoms with Gasteiger partial charge in [0.1, 0.15) is 18.0 Å². The Bertz CT molecular complexity index is 1260. The van der Waals surface area contributed by atoms with E-state index >= 15 is 0 Å². The summed E-state index contributed by atoms with van der Waals surface area (Å²) in [7, 11) is 0. The van der Waals surface area contributed by atoms with E-state index in [4.69, 9.17) is 9.84 Å². The summed E-state index contributed by atoms with van der Waals surface area (Å²) >= 11 is 0. The van der Waals surface area contributed by atoms with Crippen LogP contribution in [0.25, 0.3) is 17.2 Å². The van der Waals surface area contributed by atoms with Gasteiger partial charge in [-0.3, -0.25) is 14.5 Å². The summed E-state index contributed by atoms with van der Waals surface area (Å²) in [6.07, 6.45) is 4.92. The van der Waals surface area contributed by atoms with Gasteiger partial charge in [0.25, 0.3) is 0 Å². The maximum absolute atomic E-state index is 13.1. The summed E-state index contributed by atoms with van der Waals surface area (Å²) in [5.41, 5.74) is 4.64. The van der Waals surface area contributed by atoms with Crippen molar-refractivity contribution in [1.29, 1.82) is 0 Å². The van der Waals surface area contributed by atoms with E-state index in [1.807, 2.05) is 18.2 Å². The highest BCUT2D eigenvalue weighted by Gasteiger charge is 2.42. The Morgan fingerprint density at radius 1 is 0.971 bits per heavy atom. The monoisotopic (exact) mass is 467 g/mol. The van der Waals surface area contributed by atoms with Crippen molar-refractivity contribution >= 4 is 17.6 Å². The van der Waals surface area contributed by atoms with E-state index < -0.39 is 12.2 Å². The Kier molecular flexibility index (Phi) is 6.62. The third-order valence-electron chi connectivity index (χ3n) is 6.99. The van der Waals surface area contributed by atoms with Crippen LogP contribution in [0.4, 0.5) is 0 Å². The number of aliphatic hydroxyl groups excluding tert-OH is 1. The first-order valence-electron chi connectivity index (χ1n) is 12.1. The second kappa shape index (κ2) is 9.98. The molecule has 35 heavy (non-hydrogen) atoms. The number of hydrogen-bond donors (Lipinski definition) is 1.